The summed E-state index contributed by atoms with van der Waals surface area (Å²) in [6.07, 6.45) is 0.302. The van der Waals surface area contributed by atoms with Crippen LogP contribution in [0.2, 0.25) is 0 Å². The second-order valence-corrected chi connectivity index (χ2v) is 5.48. The van der Waals surface area contributed by atoms with Crippen LogP contribution in [0.15, 0.2) is 24.3 Å². The topological polar surface area (TPSA) is 66.8 Å². The minimum absolute atomic E-state index is 0.0822. The number of anilines is 1. The minimum Gasteiger partial charge on any atom is -0.481 e. The number of rotatable bonds is 5. The van der Waals surface area contributed by atoms with Crippen molar-refractivity contribution in [1.82, 2.24) is 0 Å². The van der Waals surface area contributed by atoms with Crippen LogP contribution >= 0.6 is 0 Å². The molecule has 5 heteroatoms. The van der Waals surface area contributed by atoms with Gasteiger partial charge in [-0.15, -0.1) is 0 Å². The van der Waals surface area contributed by atoms with Crippen molar-refractivity contribution in [2.75, 3.05) is 18.1 Å². The monoisotopic (exact) mass is 291 g/mol. The molecule has 1 amide bonds. The summed E-state index contributed by atoms with van der Waals surface area (Å²) in [6.45, 7) is 4.64. The highest BCUT2D eigenvalue weighted by Gasteiger charge is 2.35. The number of aliphatic carboxylic acids is 1. The zero-order chi connectivity index (χ0) is 15.4. The maximum atomic E-state index is 12.7. The smallest absolute Gasteiger partial charge is 0.305 e. The second kappa shape index (κ2) is 6.72. The van der Waals surface area contributed by atoms with Crippen LogP contribution in [0.5, 0.6) is 0 Å². The molecule has 2 atom stereocenters. The Hall–Kier alpha value is -1.88. The Balaban J connectivity index is 2.25. The highest BCUT2D eigenvalue weighted by Crippen LogP contribution is 2.26. The summed E-state index contributed by atoms with van der Waals surface area (Å²) in [5, 5.41) is 8.91. The van der Waals surface area contributed by atoms with Crippen molar-refractivity contribution in [2.45, 2.75) is 32.8 Å². The number of carbonyl (C=O) groups is 2. The number of amides is 1. The number of ether oxygens (including phenoxy) is 1. The minimum atomic E-state index is -0.915. The molecule has 1 heterocycles. The number of benzene rings is 1. The quantitative estimate of drug-likeness (QED) is 0.903. The highest BCUT2D eigenvalue weighted by molar-refractivity contribution is 5.98. The zero-order valence-corrected chi connectivity index (χ0v) is 12.4. The van der Waals surface area contributed by atoms with Crippen LogP contribution in [0.1, 0.15) is 25.3 Å². The van der Waals surface area contributed by atoms with Crippen LogP contribution in [-0.4, -0.2) is 36.2 Å². The lowest BCUT2D eigenvalue weighted by Gasteiger charge is -2.27. The molecule has 0 saturated carbocycles. The second-order valence-electron chi connectivity index (χ2n) is 5.48. The Kier molecular flexibility index (Phi) is 4.96. The van der Waals surface area contributed by atoms with E-state index in [1.165, 1.54) is 0 Å². The van der Waals surface area contributed by atoms with Gasteiger partial charge in [-0.25, -0.2) is 0 Å². The van der Waals surface area contributed by atoms with Gasteiger partial charge in [0.15, 0.2) is 0 Å². The van der Waals surface area contributed by atoms with Crippen molar-refractivity contribution in [1.29, 1.82) is 0 Å². The molecule has 2 unspecified atom stereocenters. The summed E-state index contributed by atoms with van der Waals surface area (Å²) >= 11 is 0. The van der Waals surface area contributed by atoms with E-state index < -0.39 is 12.1 Å². The average Bonchev–Trinajstić information content (AvgIpc) is 2.86. The Morgan fingerprint density at radius 3 is 2.67 bits per heavy atom. The number of carboxylic acids is 1. The van der Waals surface area contributed by atoms with Gasteiger partial charge in [-0.1, -0.05) is 25.1 Å². The largest absolute Gasteiger partial charge is 0.481 e. The molecule has 0 bridgehead atoms. The van der Waals surface area contributed by atoms with E-state index in [9.17, 15) is 9.59 Å². The molecule has 5 nitrogen and oxygen atoms in total. The summed E-state index contributed by atoms with van der Waals surface area (Å²) < 4.78 is 5.54. The molecule has 114 valence electrons. The average molecular weight is 291 g/mol. The predicted octanol–water partition coefficient (Wildman–Crippen LogP) is 2.23. The SMILES string of the molecule is Cc1ccccc1N(CCC(=O)O)C(=O)C1OCCC1C. The highest BCUT2D eigenvalue weighted by atomic mass is 16.5. The first-order valence-electron chi connectivity index (χ1n) is 7.21. The Morgan fingerprint density at radius 2 is 2.10 bits per heavy atom. The Morgan fingerprint density at radius 1 is 1.38 bits per heavy atom. The lowest BCUT2D eigenvalue weighted by Crippen LogP contribution is -2.42. The van der Waals surface area contributed by atoms with E-state index in [-0.39, 0.29) is 24.8 Å². The number of aryl methyl sites for hydroxylation is 1. The van der Waals surface area contributed by atoms with E-state index in [1.807, 2.05) is 38.1 Å². The van der Waals surface area contributed by atoms with Gasteiger partial charge in [-0.05, 0) is 30.9 Å². The van der Waals surface area contributed by atoms with Gasteiger partial charge in [-0.3, -0.25) is 9.59 Å². The molecule has 1 aromatic carbocycles. The van der Waals surface area contributed by atoms with Crippen molar-refractivity contribution in [3.05, 3.63) is 29.8 Å². The predicted molar refractivity (Wildman–Crippen MR) is 79.3 cm³/mol. The molecule has 0 radical (unpaired) electrons. The first-order valence-corrected chi connectivity index (χ1v) is 7.21. The summed E-state index contributed by atoms with van der Waals surface area (Å²) in [6, 6.07) is 7.50. The van der Waals surface area contributed by atoms with Gasteiger partial charge in [0.1, 0.15) is 6.10 Å². The molecule has 1 saturated heterocycles. The van der Waals surface area contributed by atoms with Crippen molar-refractivity contribution in [3.63, 3.8) is 0 Å². The van der Waals surface area contributed by atoms with Gasteiger partial charge in [-0.2, -0.15) is 0 Å². The molecular weight excluding hydrogens is 270 g/mol. The van der Waals surface area contributed by atoms with Crippen LogP contribution in [0.4, 0.5) is 5.69 Å². The molecule has 1 N–H and O–H groups in total. The summed E-state index contributed by atoms with van der Waals surface area (Å²) in [7, 11) is 0. The summed E-state index contributed by atoms with van der Waals surface area (Å²) in [5.41, 5.74) is 1.70. The molecule has 1 aliphatic heterocycles. The maximum Gasteiger partial charge on any atom is 0.305 e. The lowest BCUT2D eigenvalue weighted by molar-refractivity contribution is -0.136. The molecule has 1 aromatic rings. The fourth-order valence-electron chi connectivity index (χ4n) is 2.59. The van der Waals surface area contributed by atoms with Crippen LogP contribution in [0.3, 0.4) is 0 Å². The molecule has 1 fully saturated rings. The maximum absolute atomic E-state index is 12.7. The molecular formula is C16H21NO4. The first kappa shape index (κ1) is 15.5. The standard InChI is InChI=1S/C16H21NO4/c1-11-5-3-4-6-13(11)17(9-7-14(18)19)16(20)15-12(2)8-10-21-15/h3-6,12,15H,7-10H2,1-2H3,(H,18,19). The van der Waals surface area contributed by atoms with Crippen LogP contribution in [-0.2, 0) is 14.3 Å². The molecule has 0 aliphatic carbocycles. The Labute approximate surface area is 124 Å². The number of carbonyl (C=O) groups excluding carboxylic acids is 1. The first-order chi connectivity index (χ1) is 10.0. The number of para-hydroxylation sites is 1. The Bertz CT molecular complexity index is 529. The van der Waals surface area contributed by atoms with Gasteiger partial charge >= 0.3 is 5.97 Å². The van der Waals surface area contributed by atoms with E-state index in [0.717, 1.165) is 17.7 Å². The lowest BCUT2D eigenvalue weighted by atomic mass is 10.0. The molecule has 0 spiro atoms. The van der Waals surface area contributed by atoms with E-state index >= 15 is 0 Å². The van der Waals surface area contributed by atoms with Gasteiger partial charge in [0, 0.05) is 18.8 Å². The number of hydrogen-bond donors (Lipinski definition) is 1. The normalized spacial score (nSPS) is 21.2. The molecule has 1 aliphatic rings. The fraction of sp³-hybridized carbons (Fsp3) is 0.500. The van der Waals surface area contributed by atoms with Crippen molar-refractivity contribution >= 4 is 17.6 Å². The van der Waals surface area contributed by atoms with E-state index in [0.29, 0.717) is 6.61 Å². The number of nitrogens with zero attached hydrogens (tertiary/aromatic N) is 1. The molecule has 0 aromatic heterocycles. The van der Waals surface area contributed by atoms with E-state index in [2.05, 4.69) is 0 Å². The third kappa shape index (κ3) is 3.61. The third-order valence-electron chi connectivity index (χ3n) is 3.85. The third-order valence-corrected chi connectivity index (χ3v) is 3.85. The van der Waals surface area contributed by atoms with Gasteiger partial charge in [0.25, 0.3) is 5.91 Å². The van der Waals surface area contributed by atoms with Crippen LogP contribution in [0.25, 0.3) is 0 Å². The van der Waals surface area contributed by atoms with Crippen molar-refractivity contribution in [2.24, 2.45) is 5.92 Å². The zero-order valence-electron chi connectivity index (χ0n) is 12.4. The molecule has 21 heavy (non-hydrogen) atoms. The van der Waals surface area contributed by atoms with Gasteiger partial charge in [0.2, 0.25) is 0 Å². The van der Waals surface area contributed by atoms with E-state index in [4.69, 9.17) is 9.84 Å². The fourth-order valence-corrected chi connectivity index (χ4v) is 2.59. The van der Waals surface area contributed by atoms with Crippen molar-refractivity contribution < 1.29 is 19.4 Å². The van der Waals surface area contributed by atoms with E-state index in [1.54, 1.807) is 4.90 Å². The van der Waals surface area contributed by atoms with Gasteiger partial charge in [0.05, 0.1) is 6.42 Å². The molecule has 2 rings (SSSR count). The summed E-state index contributed by atoms with van der Waals surface area (Å²) in [5.74, 6) is -0.897. The van der Waals surface area contributed by atoms with Crippen LogP contribution in [0, 0.1) is 12.8 Å². The van der Waals surface area contributed by atoms with Gasteiger partial charge < -0.3 is 14.7 Å². The van der Waals surface area contributed by atoms with Crippen LogP contribution < -0.4 is 4.90 Å². The summed E-state index contributed by atoms with van der Waals surface area (Å²) in [4.78, 5) is 25.1. The number of carboxylic acid groups (broad SMARTS) is 1. The van der Waals surface area contributed by atoms with Crippen molar-refractivity contribution in [3.8, 4) is 0 Å². The number of hydrogen-bond acceptors (Lipinski definition) is 3.